The number of benzene rings is 1. The summed E-state index contributed by atoms with van der Waals surface area (Å²) in [6.07, 6.45) is 3.29. The van der Waals surface area contributed by atoms with E-state index in [1.54, 1.807) is 28.8 Å². The summed E-state index contributed by atoms with van der Waals surface area (Å²) in [5, 5.41) is 14.8. The minimum Gasteiger partial charge on any atom is -0.480 e. The van der Waals surface area contributed by atoms with Crippen LogP contribution < -0.4 is 16.1 Å². The minimum absolute atomic E-state index is 0.0801. The van der Waals surface area contributed by atoms with Crippen LogP contribution in [0.2, 0.25) is 0 Å². The molecule has 4 N–H and O–H groups in total. The van der Waals surface area contributed by atoms with E-state index in [2.05, 4.69) is 22.7 Å². The third kappa shape index (κ3) is 6.95. The monoisotopic (exact) mass is 444 g/mol. The predicted octanol–water partition coefficient (Wildman–Crippen LogP) is 1.22. The van der Waals surface area contributed by atoms with Gasteiger partial charge in [0, 0.05) is 17.1 Å². The number of aliphatic carboxylic acids is 1. The van der Waals surface area contributed by atoms with Crippen LogP contribution >= 0.6 is 0 Å². The quantitative estimate of drug-likeness (QED) is 0.221. The first kappa shape index (κ1) is 24.6. The Labute approximate surface area is 185 Å². The predicted molar refractivity (Wildman–Crippen MR) is 118 cm³/mol. The molecule has 10 nitrogen and oxygen atoms in total. The maximum absolute atomic E-state index is 12.7. The standard InChI is InChI=1S/C22H28N4O6/c1-4-9-32-25-20(28)13-26-12-16(15-7-5-6-8-18(15)26)21(29)23-11-19(27)24-17(22(30)31)10-14(2)3/h4-8,12,14,17H,1,9-11,13H2,2-3H3,(H,23,29)(H,24,27)(H,25,28)(H,30,31)/t17-/m0/s1. The molecule has 10 heteroatoms. The van der Waals surface area contributed by atoms with Crippen molar-refractivity contribution in [3.63, 3.8) is 0 Å². The number of hydrogen-bond acceptors (Lipinski definition) is 5. The van der Waals surface area contributed by atoms with Gasteiger partial charge in [-0.1, -0.05) is 38.1 Å². The summed E-state index contributed by atoms with van der Waals surface area (Å²) in [5.41, 5.74) is 3.22. The van der Waals surface area contributed by atoms with Crippen molar-refractivity contribution in [2.45, 2.75) is 32.9 Å². The molecule has 1 atom stereocenters. The Morgan fingerprint density at radius 1 is 1.19 bits per heavy atom. The number of carbonyl (C=O) groups excluding carboxylic acids is 3. The molecule has 0 saturated heterocycles. The average molecular weight is 444 g/mol. The van der Waals surface area contributed by atoms with Gasteiger partial charge in [-0.3, -0.25) is 19.2 Å². The largest absolute Gasteiger partial charge is 0.480 e. The SMILES string of the molecule is C=CCONC(=O)Cn1cc(C(=O)NCC(=O)N[C@@H](CC(C)C)C(=O)O)c2ccccc21. The van der Waals surface area contributed by atoms with Gasteiger partial charge in [-0.05, 0) is 18.4 Å². The van der Waals surface area contributed by atoms with Gasteiger partial charge < -0.3 is 20.3 Å². The molecule has 0 saturated carbocycles. The van der Waals surface area contributed by atoms with E-state index in [0.717, 1.165) is 0 Å². The summed E-state index contributed by atoms with van der Waals surface area (Å²) < 4.78 is 1.60. The van der Waals surface area contributed by atoms with E-state index in [0.29, 0.717) is 10.9 Å². The molecule has 0 aliphatic rings. The van der Waals surface area contributed by atoms with Crippen LogP contribution in [-0.2, 0) is 25.8 Å². The maximum Gasteiger partial charge on any atom is 0.326 e. The number of hydrogen-bond donors (Lipinski definition) is 4. The second kappa shape index (κ2) is 11.7. The van der Waals surface area contributed by atoms with E-state index in [4.69, 9.17) is 4.84 Å². The van der Waals surface area contributed by atoms with Gasteiger partial charge in [0.1, 0.15) is 12.6 Å². The first-order valence-corrected chi connectivity index (χ1v) is 10.1. The van der Waals surface area contributed by atoms with Crippen molar-refractivity contribution in [3.8, 4) is 0 Å². The zero-order valence-electron chi connectivity index (χ0n) is 18.1. The van der Waals surface area contributed by atoms with Gasteiger partial charge in [-0.2, -0.15) is 0 Å². The number of aromatic nitrogens is 1. The Kier molecular flexibility index (Phi) is 8.96. The Morgan fingerprint density at radius 3 is 2.56 bits per heavy atom. The Balaban J connectivity index is 2.06. The highest BCUT2D eigenvalue weighted by Crippen LogP contribution is 2.21. The maximum atomic E-state index is 12.7. The highest BCUT2D eigenvalue weighted by molar-refractivity contribution is 6.08. The molecule has 0 spiro atoms. The summed E-state index contributed by atoms with van der Waals surface area (Å²) in [6, 6.07) is 6.01. The van der Waals surface area contributed by atoms with Gasteiger partial charge in [0.05, 0.1) is 18.7 Å². The Bertz CT molecular complexity index is 997. The number of para-hydroxylation sites is 1. The van der Waals surface area contributed by atoms with Crippen LogP contribution in [0.5, 0.6) is 0 Å². The van der Waals surface area contributed by atoms with E-state index >= 15 is 0 Å². The molecule has 0 aliphatic carbocycles. The van der Waals surface area contributed by atoms with Crippen LogP contribution in [0.3, 0.4) is 0 Å². The molecule has 0 unspecified atom stereocenters. The zero-order chi connectivity index (χ0) is 23.7. The van der Waals surface area contributed by atoms with Crippen molar-refractivity contribution in [3.05, 3.63) is 48.7 Å². The summed E-state index contributed by atoms with van der Waals surface area (Å²) in [6.45, 7) is 6.89. The zero-order valence-corrected chi connectivity index (χ0v) is 18.1. The van der Waals surface area contributed by atoms with Gasteiger partial charge in [-0.25, -0.2) is 10.3 Å². The van der Waals surface area contributed by atoms with E-state index in [1.807, 2.05) is 13.8 Å². The number of hydroxylamine groups is 1. The normalized spacial score (nSPS) is 11.7. The van der Waals surface area contributed by atoms with E-state index in [-0.39, 0.29) is 37.6 Å². The molecule has 3 amide bonds. The minimum atomic E-state index is -1.13. The third-order valence-corrected chi connectivity index (χ3v) is 4.48. The third-order valence-electron chi connectivity index (χ3n) is 4.48. The molecular formula is C22H28N4O6. The number of fused-ring (bicyclic) bond motifs is 1. The molecule has 0 aliphatic heterocycles. The molecule has 0 fully saturated rings. The van der Waals surface area contributed by atoms with Gasteiger partial charge in [0.25, 0.3) is 11.8 Å². The van der Waals surface area contributed by atoms with Crippen molar-refractivity contribution >= 4 is 34.6 Å². The van der Waals surface area contributed by atoms with Gasteiger partial charge in [-0.15, -0.1) is 6.58 Å². The van der Waals surface area contributed by atoms with Crippen LogP contribution in [0, 0.1) is 5.92 Å². The topological polar surface area (TPSA) is 139 Å². The van der Waals surface area contributed by atoms with Crippen molar-refractivity contribution in [1.82, 2.24) is 20.7 Å². The first-order valence-electron chi connectivity index (χ1n) is 10.1. The summed E-state index contributed by atoms with van der Waals surface area (Å²) in [4.78, 5) is 53.1. The molecule has 1 heterocycles. The van der Waals surface area contributed by atoms with E-state index in [1.165, 1.54) is 12.3 Å². The summed E-state index contributed by atoms with van der Waals surface area (Å²) in [5.74, 6) is -2.58. The number of nitrogens with one attached hydrogen (secondary N) is 3. The fourth-order valence-electron chi connectivity index (χ4n) is 3.12. The summed E-state index contributed by atoms with van der Waals surface area (Å²) in [7, 11) is 0. The van der Waals surface area contributed by atoms with Crippen molar-refractivity contribution in [1.29, 1.82) is 0 Å². The average Bonchev–Trinajstić information content (AvgIpc) is 3.10. The molecule has 0 radical (unpaired) electrons. The molecule has 32 heavy (non-hydrogen) atoms. The molecule has 1 aromatic carbocycles. The number of nitrogens with zero attached hydrogens (tertiary/aromatic N) is 1. The molecular weight excluding hydrogens is 416 g/mol. The number of rotatable bonds is 12. The number of carboxylic acid groups (broad SMARTS) is 1. The van der Waals surface area contributed by atoms with Crippen molar-refractivity contribution in [2.24, 2.45) is 5.92 Å². The van der Waals surface area contributed by atoms with Crippen molar-refractivity contribution < 1.29 is 29.1 Å². The number of carboxylic acids is 1. The molecule has 2 aromatic rings. The number of carbonyl (C=O) groups is 4. The van der Waals surface area contributed by atoms with Crippen LogP contribution in [0.1, 0.15) is 30.6 Å². The van der Waals surface area contributed by atoms with E-state index in [9.17, 15) is 24.3 Å². The molecule has 0 bridgehead atoms. The number of amides is 3. The lowest BCUT2D eigenvalue weighted by Crippen LogP contribution is -2.46. The lowest BCUT2D eigenvalue weighted by Gasteiger charge is -2.16. The molecule has 2 rings (SSSR count). The van der Waals surface area contributed by atoms with Crippen molar-refractivity contribution in [2.75, 3.05) is 13.2 Å². The second-order valence-electron chi connectivity index (χ2n) is 7.58. The lowest BCUT2D eigenvalue weighted by molar-refractivity contribution is -0.142. The summed E-state index contributed by atoms with van der Waals surface area (Å²) >= 11 is 0. The van der Waals surface area contributed by atoms with Crippen LogP contribution in [-0.4, -0.2) is 52.6 Å². The second-order valence-corrected chi connectivity index (χ2v) is 7.58. The highest BCUT2D eigenvalue weighted by atomic mass is 16.6. The smallest absolute Gasteiger partial charge is 0.326 e. The van der Waals surface area contributed by atoms with Gasteiger partial charge in [0.2, 0.25) is 5.91 Å². The van der Waals surface area contributed by atoms with E-state index < -0.39 is 29.7 Å². The first-order chi connectivity index (χ1) is 15.2. The molecule has 1 aromatic heterocycles. The Hall–Kier alpha value is -3.66. The van der Waals surface area contributed by atoms with Gasteiger partial charge >= 0.3 is 5.97 Å². The van der Waals surface area contributed by atoms with Gasteiger partial charge in [0.15, 0.2) is 0 Å². The van der Waals surface area contributed by atoms with Crippen LogP contribution in [0.25, 0.3) is 10.9 Å². The van der Waals surface area contributed by atoms with Crippen LogP contribution in [0.15, 0.2) is 43.1 Å². The lowest BCUT2D eigenvalue weighted by atomic mass is 10.0. The fourth-order valence-corrected chi connectivity index (χ4v) is 3.12. The molecule has 172 valence electrons. The fraction of sp³-hybridized carbons (Fsp3) is 0.364. The van der Waals surface area contributed by atoms with Crippen LogP contribution in [0.4, 0.5) is 0 Å². The highest BCUT2D eigenvalue weighted by Gasteiger charge is 2.22. The Morgan fingerprint density at radius 2 is 1.91 bits per heavy atom.